The number of halogens is 1. The number of fused-ring (bicyclic) bond motifs is 1. The van der Waals surface area contributed by atoms with Crippen molar-refractivity contribution in [2.75, 3.05) is 25.6 Å². The molecule has 0 aliphatic carbocycles. The Kier molecular flexibility index (Phi) is 6.22. The standard InChI is InChI=1S/C21H18ClN5O5/c1-30-13-3-4-15-16(9-13)24-20(23-15)17-10-19(27-26-17)25-21(29)12-2-5-18(14(22)8-12)32-7-6-31-11-28/h2-5,8-11H,6-7H2,1H3,(H,23,24)(H2,25,26,27,29). The summed E-state index contributed by atoms with van der Waals surface area (Å²) in [5, 5.41) is 9.93. The SMILES string of the molecule is COc1ccc2nc(-c3cc(NC(=O)c4ccc(OCCOC=O)c(Cl)c4)n[nH]3)[nH]c2c1. The lowest BCUT2D eigenvalue weighted by atomic mass is 10.2. The molecule has 2 heterocycles. The van der Waals surface area contributed by atoms with Gasteiger partial charge in [-0.25, -0.2) is 4.98 Å². The van der Waals surface area contributed by atoms with E-state index >= 15 is 0 Å². The van der Waals surface area contributed by atoms with Gasteiger partial charge in [0.2, 0.25) is 0 Å². The number of aromatic nitrogens is 4. The van der Waals surface area contributed by atoms with Gasteiger partial charge in [-0.3, -0.25) is 14.7 Å². The van der Waals surface area contributed by atoms with Gasteiger partial charge < -0.3 is 24.5 Å². The first kappa shape index (κ1) is 21.2. The molecule has 4 rings (SSSR count). The largest absolute Gasteiger partial charge is 0.497 e. The third-order valence-electron chi connectivity index (χ3n) is 4.48. The first-order valence-corrected chi connectivity index (χ1v) is 9.83. The minimum atomic E-state index is -0.393. The number of H-pyrrole nitrogens is 2. The molecule has 10 nitrogen and oxygen atoms in total. The van der Waals surface area contributed by atoms with Gasteiger partial charge in [0.1, 0.15) is 30.4 Å². The van der Waals surface area contributed by atoms with E-state index in [1.807, 2.05) is 18.2 Å². The average Bonchev–Trinajstić information content (AvgIpc) is 3.43. The number of rotatable bonds is 9. The number of anilines is 1. The van der Waals surface area contributed by atoms with Crippen LogP contribution in [0.5, 0.6) is 11.5 Å². The summed E-state index contributed by atoms with van der Waals surface area (Å²) in [5.41, 5.74) is 2.52. The molecule has 164 valence electrons. The highest BCUT2D eigenvalue weighted by Crippen LogP contribution is 2.27. The van der Waals surface area contributed by atoms with E-state index in [9.17, 15) is 9.59 Å². The van der Waals surface area contributed by atoms with Crippen LogP contribution in [0.3, 0.4) is 0 Å². The van der Waals surface area contributed by atoms with E-state index in [1.165, 1.54) is 6.07 Å². The Morgan fingerprint density at radius 1 is 1.19 bits per heavy atom. The normalized spacial score (nSPS) is 10.7. The summed E-state index contributed by atoms with van der Waals surface area (Å²) in [6.07, 6.45) is 0. The zero-order valence-electron chi connectivity index (χ0n) is 16.8. The van der Waals surface area contributed by atoms with Gasteiger partial charge in [-0.15, -0.1) is 0 Å². The van der Waals surface area contributed by atoms with Crippen LogP contribution < -0.4 is 14.8 Å². The van der Waals surface area contributed by atoms with Crippen molar-refractivity contribution in [3.63, 3.8) is 0 Å². The van der Waals surface area contributed by atoms with Gasteiger partial charge in [0.05, 0.1) is 23.2 Å². The van der Waals surface area contributed by atoms with E-state index in [4.69, 9.17) is 21.1 Å². The van der Waals surface area contributed by atoms with Crippen molar-refractivity contribution in [2.45, 2.75) is 0 Å². The molecular formula is C21H18ClN5O5. The van der Waals surface area contributed by atoms with Crippen molar-refractivity contribution in [2.24, 2.45) is 0 Å². The smallest absolute Gasteiger partial charge is 0.293 e. The number of amides is 1. The Hall–Kier alpha value is -4.05. The quantitative estimate of drug-likeness (QED) is 0.260. The van der Waals surface area contributed by atoms with Gasteiger partial charge in [0.25, 0.3) is 12.4 Å². The van der Waals surface area contributed by atoms with Gasteiger partial charge in [-0.2, -0.15) is 5.10 Å². The number of carbonyl (C=O) groups is 2. The number of hydrogen-bond donors (Lipinski definition) is 3. The Bertz CT molecular complexity index is 1270. The highest BCUT2D eigenvalue weighted by molar-refractivity contribution is 6.32. The molecule has 1 amide bonds. The number of benzene rings is 2. The molecule has 0 aliphatic heterocycles. The molecule has 0 atom stereocenters. The van der Waals surface area contributed by atoms with Gasteiger partial charge in [0.15, 0.2) is 11.6 Å². The fourth-order valence-corrected chi connectivity index (χ4v) is 3.18. The summed E-state index contributed by atoms with van der Waals surface area (Å²) in [6, 6.07) is 11.8. The Morgan fingerprint density at radius 3 is 2.84 bits per heavy atom. The summed E-state index contributed by atoms with van der Waals surface area (Å²) in [7, 11) is 1.60. The first-order chi connectivity index (χ1) is 15.6. The van der Waals surface area contributed by atoms with E-state index in [0.717, 1.165) is 16.8 Å². The van der Waals surface area contributed by atoms with Crippen LogP contribution in [0, 0.1) is 0 Å². The van der Waals surface area contributed by atoms with Crippen molar-refractivity contribution >= 4 is 40.8 Å². The van der Waals surface area contributed by atoms with E-state index in [0.29, 0.717) is 35.1 Å². The molecule has 0 aliphatic rings. The predicted molar refractivity (Wildman–Crippen MR) is 117 cm³/mol. The number of carbonyl (C=O) groups excluding carboxylic acids is 2. The molecule has 3 N–H and O–H groups in total. The maximum absolute atomic E-state index is 12.6. The van der Waals surface area contributed by atoms with Crippen molar-refractivity contribution in [1.29, 1.82) is 0 Å². The minimum Gasteiger partial charge on any atom is -0.497 e. The summed E-state index contributed by atoms with van der Waals surface area (Å²) in [6.45, 7) is 0.585. The molecular weight excluding hydrogens is 438 g/mol. The second-order valence-corrected chi connectivity index (χ2v) is 6.96. The van der Waals surface area contributed by atoms with Crippen molar-refractivity contribution in [3.8, 4) is 23.0 Å². The van der Waals surface area contributed by atoms with E-state index in [1.54, 1.807) is 25.3 Å². The summed E-state index contributed by atoms with van der Waals surface area (Å²) in [5.74, 6) is 1.60. The van der Waals surface area contributed by atoms with Crippen molar-refractivity contribution in [1.82, 2.24) is 20.2 Å². The molecule has 2 aromatic carbocycles. The monoisotopic (exact) mass is 455 g/mol. The topological polar surface area (TPSA) is 131 Å². The maximum atomic E-state index is 12.6. The predicted octanol–water partition coefficient (Wildman–Crippen LogP) is 3.42. The fourth-order valence-electron chi connectivity index (χ4n) is 2.95. The van der Waals surface area contributed by atoms with Gasteiger partial charge in [-0.1, -0.05) is 11.6 Å². The summed E-state index contributed by atoms with van der Waals surface area (Å²) >= 11 is 6.18. The maximum Gasteiger partial charge on any atom is 0.293 e. The van der Waals surface area contributed by atoms with Crippen LogP contribution in [0.25, 0.3) is 22.6 Å². The van der Waals surface area contributed by atoms with Crippen LogP contribution >= 0.6 is 11.6 Å². The average molecular weight is 456 g/mol. The molecule has 0 fully saturated rings. The molecule has 0 unspecified atom stereocenters. The lowest BCUT2D eigenvalue weighted by molar-refractivity contribution is -0.129. The first-order valence-electron chi connectivity index (χ1n) is 9.46. The van der Waals surface area contributed by atoms with Crippen LogP contribution in [0.4, 0.5) is 5.82 Å². The molecule has 0 saturated carbocycles. The highest BCUT2D eigenvalue weighted by atomic mass is 35.5. The lowest BCUT2D eigenvalue weighted by Gasteiger charge is -2.09. The number of nitrogens with zero attached hydrogens (tertiary/aromatic N) is 2. The Morgan fingerprint density at radius 2 is 2.06 bits per heavy atom. The van der Waals surface area contributed by atoms with Crippen molar-refractivity contribution in [3.05, 3.63) is 53.1 Å². The van der Waals surface area contributed by atoms with Gasteiger partial charge >= 0.3 is 0 Å². The molecule has 0 saturated heterocycles. The van der Waals surface area contributed by atoms with Crippen LogP contribution in [0.15, 0.2) is 42.5 Å². The molecule has 0 spiro atoms. The lowest BCUT2D eigenvalue weighted by Crippen LogP contribution is -2.12. The Balaban J connectivity index is 1.43. The van der Waals surface area contributed by atoms with E-state index in [2.05, 4.69) is 30.2 Å². The third-order valence-corrected chi connectivity index (χ3v) is 4.78. The van der Waals surface area contributed by atoms with Crippen LogP contribution in [0.1, 0.15) is 10.4 Å². The number of methoxy groups -OCH3 is 1. The number of hydrogen-bond acceptors (Lipinski definition) is 7. The molecule has 11 heteroatoms. The molecule has 32 heavy (non-hydrogen) atoms. The number of aromatic amines is 2. The van der Waals surface area contributed by atoms with Crippen LogP contribution in [-0.4, -0.2) is 52.9 Å². The minimum absolute atomic E-state index is 0.0995. The summed E-state index contributed by atoms with van der Waals surface area (Å²) in [4.78, 5) is 30.4. The molecule has 4 aromatic rings. The van der Waals surface area contributed by atoms with Gasteiger partial charge in [-0.05, 0) is 30.3 Å². The second-order valence-electron chi connectivity index (χ2n) is 6.55. The summed E-state index contributed by atoms with van der Waals surface area (Å²) < 4.78 is 15.2. The number of imidazole rings is 1. The van der Waals surface area contributed by atoms with Gasteiger partial charge in [0, 0.05) is 17.7 Å². The van der Waals surface area contributed by atoms with Crippen molar-refractivity contribution < 1.29 is 23.8 Å². The fraction of sp³-hybridized carbons (Fsp3) is 0.143. The number of nitrogens with one attached hydrogen (secondary N) is 3. The third kappa shape index (κ3) is 4.65. The second kappa shape index (κ2) is 9.40. The van der Waals surface area contributed by atoms with E-state index in [-0.39, 0.29) is 18.2 Å². The zero-order chi connectivity index (χ0) is 22.5. The number of ether oxygens (including phenoxy) is 3. The molecule has 0 radical (unpaired) electrons. The zero-order valence-corrected chi connectivity index (χ0v) is 17.6. The molecule has 0 bridgehead atoms. The highest BCUT2D eigenvalue weighted by Gasteiger charge is 2.14. The van der Waals surface area contributed by atoms with Crippen LogP contribution in [-0.2, 0) is 9.53 Å². The van der Waals surface area contributed by atoms with Crippen LogP contribution in [0.2, 0.25) is 5.02 Å². The van der Waals surface area contributed by atoms with E-state index < -0.39 is 5.91 Å². The molecule has 2 aromatic heterocycles. The Labute approximate surface area is 186 Å².